The molecule has 0 aromatic carbocycles. The Morgan fingerprint density at radius 3 is 2.48 bits per heavy atom. The maximum Gasteiger partial charge on any atom is 0.397 e. The molecule has 0 aliphatic heterocycles. The van der Waals surface area contributed by atoms with Crippen molar-refractivity contribution in [1.82, 2.24) is 0 Å². The molecular formula is C12H14F3NO3S2. The molecule has 21 heavy (non-hydrogen) atoms. The second-order valence-corrected chi connectivity index (χ2v) is 6.37. The molecule has 0 saturated heterocycles. The van der Waals surface area contributed by atoms with Crippen molar-refractivity contribution in [3.05, 3.63) is 16.0 Å². The van der Waals surface area contributed by atoms with E-state index >= 15 is 0 Å². The molecule has 0 unspecified atom stereocenters. The minimum atomic E-state index is -4.33. The fourth-order valence-corrected chi connectivity index (χ4v) is 3.49. The first-order valence-electron chi connectivity index (χ1n) is 5.95. The number of aryl methyl sites for hydroxylation is 1. The van der Waals surface area contributed by atoms with Crippen LogP contribution in [-0.4, -0.2) is 34.7 Å². The SMILES string of the molecule is CCc1c(C)sc(NC(=O)CSCC(F)(F)F)c1C(=O)O. The molecule has 1 rings (SSSR count). The van der Waals surface area contributed by atoms with Gasteiger partial charge in [-0.15, -0.1) is 23.1 Å². The molecular weight excluding hydrogens is 327 g/mol. The van der Waals surface area contributed by atoms with Crippen LogP contribution in [0.5, 0.6) is 0 Å². The van der Waals surface area contributed by atoms with Crippen LogP contribution in [0.15, 0.2) is 0 Å². The van der Waals surface area contributed by atoms with Crippen molar-refractivity contribution in [3.8, 4) is 0 Å². The zero-order chi connectivity index (χ0) is 16.2. The van der Waals surface area contributed by atoms with Crippen LogP contribution < -0.4 is 5.32 Å². The summed E-state index contributed by atoms with van der Waals surface area (Å²) in [5.41, 5.74) is 0.653. The number of anilines is 1. The summed E-state index contributed by atoms with van der Waals surface area (Å²) in [6.45, 7) is 3.54. The van der Waals surface area contributed by atoms with Crippen molar-refractivity contribution in [2.24, 2.45) is 0 Å². The van der Waals surface area contributed by atoms with Crippen LogP contribution >= 0.6 is 23.1 Å². The summed E-state index contributed by atoms with van der Waals surface area (Å²) in [5.74, 6) is -3.29. The predicted octanol–water partition coefficient (Wildman–Crippen LogP) is 3.55. The van der Waals surface area contributed by atoms with Crippen molar-refractivity contribution >= 4 is 40.0 Å². The number of aromatic carboxylic acids is 1. The lowest BCUT2D eigenvalue weighted by Gasteiger charge is -2.07. The quantitative estimate of drug-likeness (QED) is 0.830. The van der Waals surface area contributed by atoms with E-state index in [1.165, 1.54) is 0 Å². The predicted molar refractivity (Wildman–Crippen MR) is 77.4 cm³/mol. The van der Waals surface area contributed by atoms with Crippen LogP contribution in [0.3, 0.4) is 0 Å². The van der Waals surface area contributed by atoms with E-state index in [1.54, 1.807) is 13.8 Å². The van der Waals surface area contributed by atoms with Crippen LogP contribution in [0.2, 0.25) is 0 Å². The van der Waals surface area contributed by atoms with E-state index in [0.29, 0.717) is 23.7 Å². The molecule has 1 heterocycles. The number of amides is 1. The smallest absolute Gasteiger partial charge is 0.397 e. The third-order valence-electron chi connectivity index (χ3n) is 2.53. The summed E-state index contributed by atoms with van der Waals surface area (Å²) in [6, 6.07) is 0. The second kappa shape index (κ2) is 7.17. The fraction of sp³-hybridized carbons (Fsp3) is 0.500. The molecule has 1 aromatic rings. The first-order chi connectivity index (χ1) is 9.65. The first kappa shape index (κ1) is 17.8. The van der Waals surface area contributed by atoms with Gasteiger partial charge in [0.2, 0.25) is 5.91 Å². The van der Waals surface area contributed by atoms with E-state index in [4.69, 9.17) is 0 Å². The maximum absolute atomic E-state index is 12.0. The van der Waals surface area contributed by atoms with Crippen LogP contribution in [0.1, 0.15) is 27.7 Å². The third kappa shape index (κ3) is 5.24. The average Bonchev–Trinajstić information content (AvgIpc) is 2.63. The number of carboxylic acids is 1. The van der Waals surface area contributed by atoms with Gasteiger partial charge >= 0.3 is 12.1 Å². The molecule has 9 heteroatoms. The van der Waals surface area contributed by atoms with Gasteiger partial charge in [-0.3, -0.25) is 4.79 Å². The summed E-state index contributed by atoms with van der Waals surface area (Å²) in [5, 5.41) is 11.7. The van der Waals surface area contributed by atoms with Crippen molar-refractivity contribution in [1.29, 1.82) is 0 Å². The van der Waals surface area contributed by atoms with Crippen LogP contribution in [0, 0.1) is 6.92 Å². The highest BCUT2D eigenvalue weighted by Gasteiger charge is 2.27. The third-order valence-corrected chi connectivity index (χ3v) is 4.59. The lowest BCUT2D eigenvalue weighted by atomic mass is 10.1. The number of halogens is 3. The van der Waals surface area contributed by atoms with Gasteiger partial charge in [-0.25, -0.2) is 4.79 Å². The zero-order valence-electron chi connectivity index (χ0n) is 11.3. The number of rotatable bonds is 6. The van der Waals surface area contributed by atoms with Gasteiger partial charge in [0.15, 0.2) is 0 Å². The fourth-order valence-electron chi connectivity index (χ4n) is 1.74. The van der Waals surface area contributed by atoms with Crippen molar-refractivity contribution < 1.29 is 27.9 Å². The molecule has 4 nitrogen and oxygen atoms in total. The molecule has 118 valence electrons. The maximum atomic E-state index is 12.0. The summed E-state index contributed by atoms with van der Waals surface area (Å²) >= 11 is 1.56. The summed E-state index contributed by atoms with van der Waals surface area (Å²) < 4.78 is 35.9. The van der Waals surface area contributed by atoms with Gasteiger partial charge in [0.1, 0.15) is 5.00 Å². The molecule has 2 N–H and O–H groups in total. The Balaban J connectivity index is 2.75. The monoisotopic (exact) mass is 341 g/mol. The van der Waals surface area contributed by atoms with Gasteiger partial charge in [-0.05, 0) is 18.9 Å². The minimum Gasteiger partial charge on any atom is -0.478 e. The van der Waals surface area contributed by atoms with Crippen molar-refractivity contribution in [3.63, 3.8) is 0 Å². The van der Waals surface area contributed by atoms with Gasteiger partial charge in [0.05, 0.1) is 17.1 Å². The highest BCUT2D eigenvalue weighted by molar-refractivity contribution is 8.00. The molecule has 0 fully saturated rings. The number of hydrogen-bond acceptors (Lipinski definition) is 4. The molecule has 1 amide bonds. The molecule has 1 aromatic heterocycles. The molecule has 0 spiro atoms. The Bertz CT molecular complexity index is 541. The number of carbonyl (C=O) groups is 2. The number of thiophene rings is 1. The Labute approximate surface area is 127 Å². The van der Waals surface area contributed by atoms with E-state index in [9.17, 15) is 27.9 Å². The van der Waals surface area contributed by atoms with Gasteiger partial charge in [-0.1, -0.05) is 6.92 Å². The summed E-state index contributed by atoms with van der Waals surface area (Å²) in [7, 11) is 0. The number of hydrogen-bond donors (Lipinski definition) is 2. The molecule has 0 aliphatic rings. The highest BCUT2D eigenvalue weighted by atomic mass is 32.2. The van der Waals surface area contributed by atoms with E-state index in [2.05, 4.69) is 5.32 Å². The van der Waals surface area contributed by atoms with Gasteiger partial charge in [0, 0.05) is 4.88 Å². The second-order valence-electron chi connectivity index (χ2n) is 4.16. The van der Waals surface area contributed by atoms with E-state index in [0.717, 1.165) is 16.2 Å². The average molecular weight is 341 g/mol. The Kier molecular flexibility index (Phi) is 6.09. The Morgan fingerprint density at radius 2 is 2.00 bits per heavy atom. The van der Waals surface area contributed by atoms with Gasteiger partial charge < -0.3 is 10.4 Å². The Hall–Kier alpha value is -1.22. The number of thioether (sulfide) groups is 1. The highest BCUT2D eigenvalue weighted by Crippen LogP contribution is 2.33. The zero-order valence-corrected chi connectivity index (χ0v) is 13.0. The lowest BCUT2D eigenvalue weighted by molar-refractivity contribution is -0.113. The normalized spacial score (nSPS) is 11.5. The largest absolute Gasteiger partial charge is 0.478 e. The molecule has 0 bridgehead atoms. The standard InChI is InChI=1S/C12H14F3NO3S2/c1-3-7-6(2)21-10(9(7)11(18)19)16-8(17)4-20-5-12(13,14)15/h3-5H2,1-2H3,(H,16,17)(H,18,19). The van der Waals surface area contributed by atoms with E-state index in [1.807, 2.05) is 0 Å². The van der Waals surface area contributed by atoms with Gasteiger partial charge in [0.25, 0.3) is 0 Å². The lowest BCUT2D eigenvalue weighted by Crippen LogP contribution is -2.18. The van der Waals surface area contributed by atoms with Crippen molar-refractivity contribution in [2.45, 2.75) is 26.4 Å². The number of carbonyl (C=O) groups excluding carboxylic acids is 1. The Morgan fingerprint density at radius 1 is 1.38 bits per heavy atom. The first-order valence-corrected chi connectivity index (χ1v) is 7.92. The topological polar surface area (TPSA) is 66.4 Å². The van der Waals surface area contributed by atoms with Crippen LogP contribution in [-0.2, 0) is 11.2 Å². The van der Waals surface area contributed by atoms with Crippen molar-refractivity contribution in [2.75, 3.05) is 16.8 Å². The summed E-state index contributed by atoms with van der Waals surface area (Å²) in [6.07, 6.45) is -3.82. The number of alkyl halides is 3. The molecule has 0 aliphatic carbocycles. The van der Waals surface area contributed by atoms with Crippen LogP contribution in [0.4, 0.5) is 18.2 Å². The van der Waals surface area contributed by atoms with E-state index < -0.39 is 23.8 Å². The molecule has 0 saturated carbocycles. The number of nitrogens with one attached hydrogen (secondary N) is 1. The van der Waals surface area contributed by atoms with Gasteiger partial charge in [-0.2, -0.15) is 13.2 Å². The molecule has 0 atom stereocenters. The number of carboxylic acid groups (broad SMARTS) is 1. The van der Waals surface area contributed by atoms with E-state index in [-0.39, 0.29) is 16.3 Å². The van der Waals surface area contributed by atoms with Crippen LogP contribution in [0.25, 0.3) is 0 Å². The molecule has 0 radical (unpaired) electrons. The minimum absolute atomic E-state index is 0.0224. The summed E-state index contributed by atoms with van der Waals surface area (Å²) in [4.78, 5) is 23.6.